The second kappa shape index (κ2) is 3.13. The van der Waals surface area contributed by atoms with Gasteiger partial charge in [-0.05, 0) is 6.42 Å². The summed E-state index contributed by atoms with van der Waals surface area (Å²) in [5.41, 5.74) is 5.42. The standard InChI is InChI=1S/C8H10N4O2/c9-7(13)6-5(4-10-11-6)8(14)12-2-1-3-12/h4H,1-3H2,(H2,9,13)(H,10,11). The van der Waals surface area contributed by atoms with Crippen LogP contribution in [-0.4, -0.2) is 40.0 Å². The highest BCUT2D eigenvalue weighted by atomic mass is 16.2. The molecule has 0 aromatic carbocycles. The predicted octanol–water partition coefficient (Wildman–Crippen LogP) is -0.646. The zero-order valence-electron chi connectivity index (χ0n) is 7.49. The van der Waals surface area contributed by atoms with Crippen LogP contribution in [0.15, 0.2) is 6.20 Å². The van der Waals surface area contributed by atoms with Crippen LogP contribution in [0.1, 0.15) is 27.3 Å². The third-order valence-electron chi connectivity index (χ3n) is 2.26. The number of hydrogen-bond donors (Lipinski definition) is 2. The highest BCUT2D eigenvalue weighted by molar-refractivity contribution is 6.05. The largest absolute Gasteiger partial charge is 0.364 e. The van der Waals surface area contributed by atoms with Gasteiger partial charge in [-0.2, -0.15) is 5.10 Å². The van der Waals surface area contributed by atoms with Crippen LogP contribution in [0.3, 0.4) is 0 Å². The fourth-order valence-corrected chi connectivity index (χ4v) is 1.33. The maximum Gasteiger partial charge on any atom is 0.267 e. The molecule has 0 aliphatic carbocycles. The van der Waals surface area contributed by atoms with Gasteiger partial charge in [0.15, 0.2) is 0 Å². The van der Waals surface area contributed by atoms with Crippen LogP contribution in [0.2, 0.25) is 0 Å². The Hall–Kier alpha value is -1.85. The molecule has 0 bridgehead atoms. The van der Waals surface area contributed by atoms with E-state index < -0.39 is 5.91 Å². The highest BCUT2D eigenvalue weighted by Gasteiger charge is 2.26. The first-order chi connectivity index (χ1) is 6.70. The van der Waals surface area contributed by atoms with Crippen LogP contribution in [0.4, 0.5) is 0 Å². The topological polar surface area (TPSA) is 92.1 Å². The number of carbonyl (C=O) groups is 2. The SMILES string of the molecule is NC(=O)c1[nH]ncc1C(=O)N1CCC1. The predicted molar refractivity (Wildman–Crippen MR) is 47.6 cm³/mol. The Morgan fingerprint density at radius 2 is 2.21 bits per heavy atom. The molecule has 0 atom stereocenters. The fraction of sp³-hybridized carbons (Fsp3) is 0.375. The number of H-pyrrole nitrogens is 1. The van der Waals surface area contributed by atoms with Gasteiger partial charge >= 0.3 is 0 Å². The second-order valence-corrected chi connectivity index (χ2v) is 3.17. The lowest BCUT2D eigenvalue weighted by Crippen LogP contribution is -2.42. The first-order valence-corrected chi connectivity index (χ1v) is 4.32. The van der Waals surface area contributed by atoms with Gasteiger partial charge in [-0.3, -0.25) is 14.7 Å². The molecule has 2 rings (SSSR count). The van der Waals surface area contributed by atoms with Crippen LogP contribution < -0.4 is 5.73 Å². The molecule has 0 saturated carbocycles. The smallest absolute Gasteiger partial charge is 0.267 e. The summed E-state index contributed by atoms with van der Waals surface area (Å²) in [5.74, 6) is -0.842. The van der Waals surface area contributed by atoms with Crippen molar-refractivity contribution in [3.63, 3.8) is 0 Å². The minimum Gasteiger partial charge on any atom is -0.364 e. The fourth-order valence-electron chi connectivity index (χ4n) is 1.33. The molecule has 3 N–H and O–H groups in total. The number of nitrogens with two attached hydrogens (primary N) is 1. The Morgan fingerprint density at radius 3 is 2.71 bits per heavy atom. The number of primary amides is 1. The molecule has 0 spiro atoms. The van der Waals surface area contributed by atoms with Crippen molar-refractivity contribution in [2.75, 3.05) is 13.1 Å². The zero-order valence-corrected chi connectivity index (χ0v) is 7.49. The Balaban J connectivity index is 2.26. The van der Waals surface area contributed by atoms with Crippen molar-refractivity contribution in [1.82, 2.24) is 15.1 Å². The van der Waals surface area contributed by atoms with Crippen molar-refractivity contribution in [2.45, 2.75) is 6.42 Å². The van der Waals surface area contributed by atoms with Gasteiger partial charge in [0.25, 0.3) is 11.8 Å². The van der Waals surface area contributed by atoms with Gasteiger partial charge in [0.2, 0.25) is 0 Å². The van der Waals surface area contributed by atoms with Crippen molar-refractivity contribution < 1.29 is 9.59 Å². The van der Waals surface area contributed by atoms with E-state index in [-0.39, 0.29) is 17.2 Å². The van der Waals surface area contributed by atoms with E-state index in [0.29, 0.717) is 0 Å². The molecular weight excluding hydrogens is 184 g/mol. The number of nitrogens with one attached hydrogen (secondary N) is 1. The van der Waals surface area contributed by atoms with E-state index in [1.54, 1.807) is 4.90 Å². The summed E-state index contributed by atoms with van der Waals surface area (Å²) >= 11 is 0. The minimum absolute atomic E-state index is 0.0851. The van der Waals surface area contributed by atoms with Gasteiger partial charge in [-0.1, -0.05) is 0 Å². The first kappa shape index (κ1) is 8.74. The van der Waals surface area contributed by atoms with E-state index in [0.717, 1.165) is 19.5 Å². The number of amides is 2. The molecule has 1 aliphatic heterocycles. The Labute approximate surface area is 80.1 Å². The Morgan fingerprint density at radius 1 is 1.50 bits per heavy atom. The number of aromatic nitrogens is 2. The lowest BCUT2D eigenvalue weighted by Gasteiger charge is -2.30. The number of carbonyl (C=O) groups excluding carboxylic acids is 2. The molecule has 1 saturated heterocycles. The summed E-state index contributed by atoms with van der Waals surface area (Å²) in [4.78, 5) is 24.2. The number of nitrogens with zero attached hydrogens (tertiary/aromatic N) is 2. The van der Waals surface area contributed by atoms with Gasteiger partial charge in [-0.15, -0.1) is 0 Å². The van der Waals surface area contributed by atoms with E-state index in [4.69, 9.17) is 5.73 Å². The van der Waals surface area contributed by atoms with Gasteiger partial charge in [0.05, 0.1) is 11.8 Å². The average Bonchev–Trinajstić information content (AvgIpc) is 2.47. The summed E-state index contributed by atoms with van der Waals surface area (Å²) in [6, 6.07) is 0. The van der Waals surface area contributed by atoms with E-state index in [2.05, 4.69) is 10.2 Å². The van der Waals surface area contributed by atoms with Crippen LogP contribution in [0, 0.1) is 0 Å². The third kappa shape index (κ3) is 1.24. The normalized spacial score (nSPS) is 15.0. The summed E-state index contributed by atoms with van der Waals surface area (Å²) < 4.78 is 0. The van der Waals surface area contributed by atoms with Crippen molar-refractivity contribution >= 4 is 11.8 Å². The maximum atomic E-state index is 11.7. The Kier molecular flexibility index (Phi) is 1.95. The van der Waals surface area contributed by atoms with Crippen LogP contribution in [0.25, 0.3) is 0 Å². The second-order valence-electron chi connectivity index (χ2n) is 3.17. The Bertz CT molecular complexity index is 380. The molecule has 2 heterocycles. The van der Waals surface area contributed by atoms with Crippen LogP contribution in [-0.2, 0) is 0 Å². The van der Waals surface area contributed by atoms with Gasteiger partial charge in [0, 0.05) is 13.1 Å². The number of hydrogen-bond acceptors (Lipinski definition) is 3. The summed E-state index contributed by atoms with van der Waals surface area (Å²) in [6.45, 7) is 1.48. The van der Waals surface area contributed by atoms with E-state index in [9.17, 15) is 9.59 Å². The molecule has 14 heavy (non-hydrogen) atoms. The molecule has 1 aromatic rings. The van der Waals surface area contributed by atoms with Crippen LogP contribution >= 0.6 is 0 Å². The molecule has 2 amide bonds. The monoisotopic (exact) mass is 194 g/mol. The zero-order chi connectivity index (χ0) is 10.1. The van der Waals surface area contributed by atoms with Crippen molar-refractivity contribution in [3.05, 3.63) is 17.5 Å². The molecule has 1 aliphatic rings. The van der Waals surface area contributed by atoms with Crippen LogP contribution in [0.5, 0.6) is 0 Å². The quantitative estimate of drug-likeness (QED) is 0.655. The molecule has 0 unspecified atom stereocenters. The number of aromatic amines is 1. The van der Waals surface area contributed by atoms with Gasteiger partial charge in [-0.25, -0.2) is 0 Å². The molecular formula is C8H10N4O2. The summed E-state index contributed by atoms with van der Waals surface area (Å²) in [7, 11) is 0. The van der Waals surface area contributed by atoms with Crippen molar-refractivity contribution in [2.24, 2.45) is 5.73 Å². The number of rotatable bonds is 2. The lowest BCUT2D eigenvalue weighted by atomic mass is 10.1. The third-order valence-corrected chi connectivity index (χ3v) is 2.26. The molecule has 1 fully saturated rings. The lowest BCUT2D eigenvalue weighted by molar-refractivity contribution is 0.0648. The van der Waals surface area contributed by atoms with Crippen molar-refractivity contribution in [1.29, 1.82) is 0 Å². The maximum absolute atomic E-state index is 11.7. The first-order valence-electron chi connectivity index (χ1n) is 4.32. The van der Waals surface area contributed by atoms with Crippen molar-refractivity contribution in [3.8, 4) is 0 Å². The van der Waals surface area contributed by atoms with E-state index in [1.807, 2.05) is 0 Å². The molecule has 6 nitrogen and oxygen atoms in total. The molecule has 74 valence electrons. The summed E-state index contributed by atoms with van der Waals surface area (Å²) in [6.07, 6.45) is 2.34. The molecule has 0 radical (unpaired) electrons. The average molecular weight is 194 g/mol. The molecule has 6 heteroatoms. The van der Waals surface area contributed by atoms with E-state index in [1.165, 1.54) is 6.20 Å². The highest BCUT2D eigenvalue weighted by Crippen LogP contribution is 2.13. The molecule has 1 aromatic heterocycles. The minimum atomic E-state index is -0.661. The van der Waals surface area contributed by atoms with Gasteiger partial charge < -0.3 is 10.6 Å². The number of likely N-dealkylation sites (tertiary alicyclic amines) is 1. The summed E-state index contributed by atoms with van der Waals surface area (Å²) in [5, 5.41) is 6.05. The van der Waals surface area contributed by atoms with E-state index >= 15 is 0 Å². The van der Waals surface area contributed by atoms with Gasteiger partial charge in [0.1, 0.15) is 5.69 Å².